The van der Waals surface area contributed by atoms with Gasteiger partial charge in [0.25, 0.3) is 11.8 Å². The van der Waals surface area contributed by atoms with Gasteiger partial charge in [0.1, 0.15) is 0 Å². The molecule has 0 spiro atoms. The lowest BCUT2D eigenvalue weighted by molar-refractivity contribution is 0.0807. The van der Waals surface area contributed by atoms with Crippen LogP contribution in [0.5, 0.6) is 0 Å². The highest BCUT2D eigenvalue weighted by Gasteiger charge is 2.35. The van der Waals surface area contributed by atoms with E-state index in [1.807, 2.05) is 0 Å². The maximum absolute atomic E-state index is 12.2. The van der Waals surface area contributed by atoms with E-state index < -0.39 is 0 Å². The molecule has 2 fully saturated rings. The van der Waals surface area contributed by atoms with E-state index in [0.717, 1.165) is 32.2 Å². The summed E-state index contributed by atoms with van der Waals surface area (Å²) in [6, 6.07) is 7.28. The van der Waals surface area contributed by atoms with E-state index in [1.54, 1.807) is 24.3 Å². The molecule has 2 saturated carbocycles. The van der Waals surface area contributed by atoms with Gasteiger partial charge in [-0.15, -0.1) is 0 Å². The van der Waals surface area contributed by atoms with Crippen LogP contribution in [0.4, 0.5) is 0 Å². The Hall–Kier alpha value is -1.84. The Morgan fingerprint density at radius 3 is 2.36 bits per heavy atom. The first kappa shape index (κ1) is 15.1. The first-order chi connectivity index (χ1) is 10.4. The Bertz CT molecular complexity index is 583. The zero-order chi connectivity index (χ0) is 15.7. The van der Waals surface area contributed by atoms with Crippen molar-refractivity contribution < 1.29 is 9.59 Å². The molecule has 1 aromatic rings. The second kappa shape index (κ2) is 5.75. The number of hydrogen-bond donors (Lipinski definition) is 2. The van der Waals surface area contributed by atoms with Crippen LogP contribution in [0.15, 0.2) is 24.3 Å². The van der Waals surface area contributed by atoms with Gasteiger partial charge in [-0.05, 0) is 55.2 Å². The summed E-state index contributed by atoms with van der Waals surface area (Å²) in [6.07, 6.45) is 4.45. The van der Waals surface area contributed by atoms with Crippen LogP contribution in [-0.4, -0.2) is 24.4 Å². The van der Waals surface area contributed by atoms with Crippen LogP contribution < -0.4 is 10.6 Å². The predicted molar refractivity (Wildman–Crippen MR) is 85.8 cm³/mol. The molecule has 118 valence electrons. The lowest BCUT2D eigenvalue weighted by atomic mass is 9.64. The minimum absolute atomic E-state index is 0.0853. The van der Waals surface area contributed by atoms with Gasteiger partial charge in [-0.1, -0.05) is 19.9 Å². The average Bonchev–Trinajstić information content (AvgIpc) is 3.26. The molecule has 2 aliphatic rings. The summed E-state index contributed by atoms with van der Waals surface area (Å²) in [5.41, 5.74) is 1.54. The normalized spacial score (nSPS) is 20.1. The van der Waals surface area contributed by atoms with Crippen molar-refractivity contribution in [2.45, 2.75) is 45.6 Å². The Balaban J connectivity index is 1.54. The minimum Gasteiger partial charge on any atom is -0.352 e. The molecule has 2 aliphatic carbocycles. The minimum atomic E-state index is -0.0919. The number of benzene rings is 1. The van der Waals surface area contributed by atoms with Crippen LogP contribution in [0.2, 0.25) is 0 Å². The van der Waals surface area contributed by atoms with Gasteiger partial charge in [0.15, 0.2) is 0 Å². The van der Waals surface area contributed by atoms with Crippen molar-refractivity contribution in [3.63, 3.8) is 0 Å². The van der Waals surface area contributed by atoms with E-state index in [4.69, 9.17) is 0 Å². The van der Waals surface area contributed by atoms with Crippen LogP contribution in [0.3, 0.4) is 0 Å². The van der Waals surface area contributed by atoms with Crippen LogP contribution in [0, 0.1) is 11.3 Å². The summed E-state index contributed by atoms with van der Waals surface area (Å²) < 4.78 is 0. The van der Waals surface area contributed by atoms with Crippen molar-refractivity contribution in [1.82, 2.24) is 10.6 Å². The fourth-order valence-electron chi connectivity index (χ4n) is 3.28. The molecule has 0 aliphatic heterocycles. The summed E-state index contributed by atoms with van der Waals surface area (Å²) in [6.45, 7) is 5.24. The SMILES string of the molecule is CC1(C)CC(CNC(=O)c2cccc(C(=O)NC3CC3)c2)C1. The first-order valence-corrected chi connectivity index (χ1v) is 8.12. The molecule has 0 aromatic heterocycles. The fraction of sp³-hybridized carbons (Fsp3) is 0.556. The van der Waals surface area contributed by atoms with Crippen LogP contribution in [0.1, 0.15) is 60.2 Å². The van der Waals surface area contributed by atoms with Crippen LogP contribution in [-0.2, 0) is 0 Å². The second-order valence-corrected chi connectivity index (χ2v) is 7.48. The summed E-state index contributed by atoms with van der Waals surface area (Å²) in [5, 5.41) is 5.93. The highest BCUT2D eigenvalue weighted by Crippen LogP contribution is 2.44. The standard InChI is InChI=1S/C18H24N2O2/c1-18(2)9-12(10-18)11-19-16(21)13-4-3-5-14(8-13)17(22)20-15-6-7-15/h3-5,8,12,15H,6-7,9-11H2,1-2H3,(H,19,21)(H,20,22). The molecular formula is C18H24N2O2. The van der Waals surface area contributed by atoms with E-state index in [9.17, 15) is 9.59 Å². The molecule has 0 heterocycles. The van der Waals surface area contributed by atoms with Crippen molar-refractivity contribution in [3.05, 3.63) is 35.4 Å². The number of carbonyl (C=O) groups excluding carboxylic acids is 2. The summed E-state index contributed by atoms with van der Waals surface area (Å²) >= 11 is 0. The third kappa shape index (κ3) is 3.67. The summed E-state index contributed by atoms with van der Waals surface area (Å²) in [4.78, 5) is 24.2. The first-order valence-electron chi connectivity index (χ1n) is 8.12. The molecule has 0 radical (unpaired) electrons. The van der Waals surface area contributed by atoms with Crippen molar-refractivity contribution in [2.24, 2.45) is 11.3 Å². The highest BCUT2D eigenvalue weighted by molar-refractivity contribution is 5.99. The Morgan fingerprint density at radius 2 is 1.77 bits per heavy atom. The topological polar surface area (TPSA) is 58.2 Å². The molecule has 0 unspecified atom stereocenters. The molecule has 1 aromatic carbocycles. The Kier molecular flexibility index (Phi) is 3.94. The van der Waals surface area contributed by atoms with Crippen molar-refractivity contribution in [2.75, 3.05) is 6.54 Å². The van der Waals surface area contributed by atoms with Gasteiger partial charge in [0.05, 0.1) is 0 Å². The molecule has 0 bridgehead atoms. The van der Waals surface area contributed by atoms with E-state index in [1.165, 1.54) is 0 Å². The zero-order valence-electron chi connectivity index (χ0n) is 13.3. The lowest BCUT2D eigenvalue weighted by Crippen LogP contribution is -2.40. The van der Waals surface area contributed by atoms with Gasteiger partial charge in [0.2, 0.25) is 0 Å². The quantitative estimate of drug-likeness (QED) is 0.878. The lowest BCUT2D eigenvalue weighted by Gasteiger charge is -2.42. The number of nitrogens with one attached hydrogen (secondary N) is 2. The van der Waals surface area contributed by atoms with Gasteiger partial charge in [-0.3, -0.25) is 9.59 Å². The maximum atomic E-state index is 12.2. The van der Waals surface area contributed by atoms with E-state index in [-0.39, 0.29) is 11.8 Å². The Morgan fingerprint density at radius 1 is 1.14 bits per heavy atom. The van der Waals surface area contributed by atoms with Gasteiger partial charge >= 0.3 is 0 Å². The van der Waals surface area contributed by atoms with E-state index >= 15 is 0 Å². The van der Waals surface area contributed by atoms with Crippen LogP contribution >= 0.6 is 0 Å². The van der Waals surface area contributed by atoms with Crippen molar-refractivity contribution >= 4 is 11.8 Å². The Labute approximate surface area is 131 Å². The molecule has 2 N–H and O–H groups in total. The smallest absolute Gasteiger partial charge is 0.251 e. The molecule has 2 amide bonds. The maximum Gasteiger partial charge on any atom is 0.251 e. The van der Waals surface area contributed by atoms with E-state index in [2.05, 4.69) is 24.5 Å². The number of amides is 2. The third-order valence-corrected chi connectivity index (χ3v) is 4.53. The van der Waals surface area contributed by atoms with Crippen molar-refractivity contribution in [3.8, 4) is 0 Å². The molecule has 0 atom stereocenters. The molecular weight excluding hydrogens is 276 g/mol. The van der Waals surface area contributed by atoms with Gasteiger partial charge < -0.3 is 10.6 Å². The predicted octanol–water partition coefficient (Wildman–Crippen LogP) is 2.74. The number of carbonyl (C=O) groups is 2. The highest BCUT2D eigenvalue weighted by atomic mass is 16.2. The molecule has 3 rings (SSSR count). The van der Waals surface area contributed by atoms with E-state index in [0.29, 0.717) is 28.5 Å². The third-order valence-electron chi connectivity index (χ3n) is 4.53. The molecule has 22 heavy (non-hydrogen) atoms. The second-order valence-electron chi connectivity index (χ2n) is 7.48. The largest absolute Gasteiger partial charge is 0.352 e. The number of rotatable bonds is 5. The zero-order valence-corrected chi connectivity index (χ0v) is 13.3. The fourth-order valence-corrected chi connectivity index (χ4v) is 3.28. The van der Waals surface area contributed by atoms with Crippen LogP contribution in [0.25, 0.3) is 0 Å². The molecule has 0 saturated heterocycles. The average molecular weight is 300 g/mol. The van der Waals surface area contributed by atoms with Gasteiger partial charge in [-0.25, -0.2) is 0 Å². The summed E-state index contributed by atoms with van der Waals surface area (Å²) in [7, 11) is 0. The summed E-state index contributed by atoms with van der Waals surface area (Å²) in [5.74, 6) is 0.406. The van der Waals surface area contributed by atoms with Crippen molar-refractivity contribution in [1.29, 1.82) is 0 Å². The number of hydrogen-bond acceptors (Lipinski definition) is 2. The molecule has 4 nitrogen and oxygen atoms in total. The monoisotopic (exact) mass is 300 g/mol. The van der Waals surface area contributed by atoms with Gasteiger partial charge in [0, 0.05) is 23.7 Å². The molecule has 4 heteroatoms. The van der Waals surface area contributed by atoms with Gasteiger partial charge in [-0.2, -0.15) is 0 Å².